The van der Waals surface area contributed by atoms with E-state index in [4.69, 9.17) is 0 Å². The van der Waals surface area contributed by atoms with E-state index in [1.165, 1.54) is 0 Å². The van der Waals surface area contributed by atoms with Crippen LogP contribution in [-0.2, 0) is 10.1 Å². The summed E-state index contributed by atoms with van der Waals surface area (Å²) in [6.45, 7) is 1.59. The lowest BCUT2D eigenvalue weighted by Crippen LogP contribution is -2.19. The lowest BCUT2D eigenvalue weighted by atomic mass is 10.2. The summed E-state index contributed by atoms with van der Waals surface area (Å²) in [5, 5.41) is 9.39. The fourth-order valence-electron chi connectivity index (χ4n) is 1.18. The van der Waals surface area contributed by atoms with E-state index in [0.717, 1.165) is 0 Å². The Morgan fingerprint density at radius 2 is 2.16 bits per heavy atom. The fourth-order valence-corrected chi connectivity index (χ4v) is 1.58. The van der Waals surface area contributed by atoms with Crippen molar-refractivity contribution in [1.29, 1.82) is 0 Å². The summed E-state index contributed by atoms with van der Waals surface area (Å²) in [4.78, 5) is 15.0. The van der Waals surface area contributed by atoms with Crippen LogP contribution in [0.1, 0.15) is 23.1 Å². The van der Waals surface area contributed by atoms with Gasteiger partial charge in [0, 0.05) is 11.4 Å². The molecule has 0 aliphatic carbocycles. The third kappa shape index (κ3) is 4.27. The fraction of sp³-hybridized carbons (Fsp3) is 0.400. The van der Waals surface area contributed by atoms with Crippen LogP contribution in [0.4, 0.5) is 13.2 Å². The van der Waals surface area contributed by atoms with Crippen molar-refractivity contribution in [2.24, 2.45) is 0 Å². The Bertz CT molecular complexity index is 479. The third-order valence-electron chi connectivity index (χ3n) is 1.86. The molecular weight excluding hydrogens is 335 g/mol. The number of ether oxygens (including phenoxy) is 2. The molecule has 0 saturated heterocycles. The van der Waals surface area contributed by atoms with Crippen LogP contribution in [0.5, 0.6) is 11.5 Å². The molecule has 1 heterocycles. The monoisotopic (exact) mass is 343 g/mol. The molecule has 1 aromatic heterocycles. The molecule has 0 amide bonds. The van der Waals surface area contributed by atoms with Gasteiger partial charge in [-0.2, -0.15) is 0 Å². The standard InChI is InChI=1S/C10H9BrF3NO4/c1-2-18-9(17)8-6(16)3-7(5(4-11)15-8)19-10(12,13)14/h3,16H,2,4H2,1H3. The average Bonchev–Trinajstić information content (AvgIpc) is 2.27. The van der Waals surface area contributed by atoms with Crippen LogP contribution in [-0.4, -0.2) is 29.0 Å². The first-order chi connectivity index (χ1) is 8.78. The summed E-state index contributed by atoms with van der Waals surface area (Å²) in [6, 6.07) is 0.670. The van der Waals surface area contributed by atoms with E-state index >= 15 is 0 Å². The molecule has 0 radical (unpaired) electrons. The van der Waals surface area contributed by atoms with Gasteiger partial charge in [-0.25, -0.2) is 9.78 Å². The molecule has 1 rings (SSSR count). The summed E-state index contributed by atoms with van der Waals surface area (Å²) in [5.41, 5.74) is -0.649. The van der Waals surface area contributed by atoms with Crippen molar-refractivity contribution in [3.8, 4) is 11.5 Å². The third-order valence-corrected chi connectivity index (χ3v) is 2.39. The first-order valence-corrected chi connectivity index (χ1v) is 6.12. The Hall–Kier alpha value is -1.51. The molecule has 0 atom stereocenters. The number of carbonyl (C=O) groups is 1. The number of carbonyl (C=O) groups excluding carboxylic acids is 1. The Kier molecular flexibility index (Phi) is 4.98. The maximum atomic E-state index is 12.1. The van der Waals surface area contributed by atoms with E-state index in [9.17, 15) is 23.1 Å². The van der Waals surface area contributed by atoms with Crippen LogP contribution < -0.4 is 4.74 Å². The van der Waals surface area contributed by atoms with Crippen molar-refractivity contribution < 1.29 is 32.5 Å². The van der Waals surface area contributed by atoms with Crippen molar-refractivity contribution >= 4 is 21.9 Å². The van der Waals surface area contributed by atoms with Gasteiger partial charge in [-0.15, -0.1) is 13.2 Å². The first kappa shape index (κ1) is 15.5. The van der Waals surface area contributed by atoms with Crippen molar-refractivity contribution in [3.63, 3.8) is 0 Å². The molecule has 9 heteroatoms. The minimum atomic E-state index is -4.92. The van der Waals surface area contributed by atoms with Crippen molar-refractivity contribution in [1.82, 2.24) is 4.98 Å². The highest BCUT2D eigenvalue weighted by atomic mass is 79.9. The molecule has 0 fully saturated rings. The Morgan fingerprint density at radius 1 is 1.53 bits per heavy atom. The quantitative estimate of drug-likeness (QED) is 0.672. The Balaban J connectivity index is 3.17. The second kappa shape index (κ2) is 6.09. The molecule has 106 valence electrons. The Morgan fingerprint density at radius 3 is 2.63 bits per heavy atom. The number of pyridine rings is 1. The minimum Gasteiger partial charge on any atom is -0.505 e. The van der Waals surface area contributed by atoms with Crippen LogP contribution in [0.15, 0.2) is 6.07 Å². The maximum absolute atomic E-state index is 12.1. The van der Waals surface area contributed by atoms with E-state index in [-0.39, 0.29) is 17.6 Å². The van der Waals surface area contributed by atoms with Crippen molar-refractivity contribution in [2.75, 3.05) is 6.61 Å². The Labute approximate surface area is 114 Å². The summed E-state index contributed by atoms with van der Waals surface area (Å²) >= 11 is 2.92. The number of esters is 1. The summed E-state index contributed by atoms with van der Waals surface area (Å²) in [7, 11) is 0. The average molecular weight is 344 g/mol. The summed E-state index contributed by atoms with van der Waals surface area (Å²) < 4.78 is 44.7. The van der Waals surface area contributed by atoms with Crippen LogP contribution in [0.3, 0.4) is 0 Å². The highest BCUT2D eigenvalue weighted by molar-refractivity contribution is 9.08. The second-order valence-corrected chi connectivity index (χ2v) is 3.76. The largest absolute Gasteiger partial charge is 0.573 e. The molecule has 0 aromatic carbocycles. The lowest BCUT2D eigenvalue weighted by Gasteiger charge is -2.13. The number of aromatic hydroxyl groups is 1. The van der Waals surface area contributed by atoms with E-state index in [1.54, 1.807) is 6.92 Å². The van der Waals surface area contributed by atoms with Gasteiger partial charge in [0.1, 0.15) is 0 Å². The first-order valence-electron chi connectivity index (χ1n) is 5.00. The molecule has 0 unspecified atom stereocenters. The van der Waals surface area contributed by atoms with Crippen LogP contribution in [0.25, 0.3) is 0 Å². The smallest absolute Gasteiger partial charge is 0.505 e. The molecule has 0 aliphatic rings. The van der Waals surface area contributed by atoms with Gasteiger partial charge in [0.15, 0.2) is 17.2 Å². The van der Waals surface area contributed by atoms with Crippen molar-refractivity contribution in [2.45, 2.75) is 18.6 Å². The predicted octanol–water partition coefficient (Wildman–Crippen LogP) is 2.76. The second-order valence-electron chi connectivity index (χ2n) is 3.20. The number of aromatic nitrogens is 1. The molecule has 5 nitrogen and oxygen atoms in total. The van der Waals surface area contributed by atoms with Gasteiger partial charge in [-0.05, 0) is 6.92 Å². The van der Waals surface area contributed by atoms with Gasteiger partial charge >= 0.3 is 12.3 Å². The van der Waals surface area contributed by atoms with Gasteiger partial charge in [0.25, 0.3) is 0 Å². The van der Waals surface area contributed by atoms with Gasteiger partial charge < -0.3 is 14.6 Å². The number of hydrogen-bond donors (Lipinski definition) is 1. The van der Waals surface area contributed by atoms with Gasteiger partial charge in [0.2, 0.25) is 0 Å². The molecule has 0 saturated carbocycles. The normalized spacial score (nSPS) is 11.2. The van der Waals surface area contributed by atoms with E-state index < -0.39 is 29.5 Å². The SMILES string of the molecule is CCOC(=O)c1nc(CBr)c(OC(F)(F)F)cc1O. The summed E-state index contributed by atoms with van der Waals surface area (Å²) in [6.07, 6.45) is -4.92. The molecule has 1 aromatic rings. The molecule has 1 N–H and O–H groups in total. The number of nitrogens with zero attached hydrogens (tertiary/aromatic N) is 1. The highest BCUT2D eigenvalue weighted by Gasteiger charge is 2.33. The van der Waals surface area contributed by atoms with Crippen molar-refractivity contribution in [3.05, 3.63) is 17.5 Å². The zero-order valence-electron chi connectivity index (χ0n) is 9.62. The molecular formula is C10H9BrF3NO4. The number of halogens is 4. The summed E-state index contributed by atoms with van der Waals surface area (Å²) in [5.74, 6) is -2.36. The lowest BCUT2D eigenvalue weighted by molar-refractivity contribution is -0.275. The zero-order chi connectivity index (χ0) is 14.6. The van der Waals surface area contributed by atoms with Crippen LogP contribution >= 0.6 is 15.9 Å². The van der Waals surface area contributed by atoms with Gasteiger partial charge in [0.05, 0.1) is 12.3 Å². The molecule has 0 spiro atoms. The predicted molar refractivity (Wildman–Crippen MR) is 61.2 cm³/mol. The van der Waals surface area contributed by atoms with Gasteiger partial charge in [-0.3, -0.25) is 0 Å². The number of alkyl halides is 4. The molecule has 0 aliphatic heterocycles. The number of rotatable bonds is 4. The van der Waals surface area contributed by atoms with E-state index in [0.29, 0.717) is 6.07 Å². The molecule has 0 bridgehead atoms. The van der Waals surface area contributed by atoms with E-state index in [1.807, 2.05) is 0 Å². The van der Waals surface area contributed by atoms with Crippen LogP contribution in [0, 0.1) is 0 Å². The maximum Gasteiger partial charge on any atom is 0.573 e. The van der Waals surface area contributed by atoms with E-state index in [2.05, 4.69) is 30.4 Å². The topological polar surface area (TPSA) is 68.7 Å². The minimum absolute atomic E-state index is 0.0460. The van der Waals surface area contributed by atoms with Crippen LogP contribution in [0.2, 0.25) is 0 Å². The zero-order valence-corrected chi connectivity index (χ0v) is 11.2. The molecule has 19 heavy (non-hydrogen) atoms. The highest BCUT2D eigenvalue weighted by Crippen LogP contribution is 2.31. The number of hydrogen-bond acceptors (Lipinski definition) is 5. The van der Waals surface area contributed by atoms with Gasteiger partial charge in [-0.1, -0.05) is 15.9 Å².